The Labute approximate surface area is 222 Å². The zero-order chi connectivity index (χ0) is 26.6. The molecule has 0 bridgehead atoms. The molecule has 1 aliphatic rings. The second-order valence-electron chi connectivity index (χ2n) is 8.73. The number of benzene rings is 1. The minimum absolute atomic E-state index is 0.206. The predicted octanol–water partition coefficient (Wildman–Crippen LogP) is 4.13. The number of aromatic nitrogens is 4. The number of aliphatic carboxylic acids is 1. The van der Waals surface area contributed by atoms with Crippen molar-refractivity contribution in [1.29, 1.82) is 5.26 Å². The highest BCUT2D eigenvalue weighted by Gasteiger charge is 2.26. The topological polar surface area (TPSA) is 157 Å². The highest BCUT2D eigenvalue weighted by atomic mass is 32.1. The number of rotatable bonds is 6. The molecule has 1 aromatic carbocycles. The van der Waals surface area contributed by atoms with Gasteiger partial charge in [0.15, 0.2) is 10.8 Å². The normalized spacial score (nSPS) is 13.7. The number of carboxylic acids is 1. The third-order valence-electron chi connectivity index (χ3n) is 6.31. The smallest absolute Gasteiger partial charge is 0.321 e. The van der Waals surface area contributed by atoms with E-state index in [0.717, 1.165) is 16.0 Å². The summed E-state index contributed by atoms with van der Waals surface area (Å²) in [5, 5.41) is 25.1. The molecular weight excluding hydrogens is 504 g/mol. The van der Waals surface area contributed by atoms with Crippen LogP contribution < -0.4 is 15.5 Å². The summed E-state index contributed by atoms with van der Waals surface area (Å²) in [6.45, 7) is 3.35. The molecule has 1 aliphatic heterocycles. The maximum absolute atomic E-state index is 12.1. The minimum atomic E-state index is -0.788. The van der Waals surface area contributed by atoms with Gasteiger partial charge in [0.25, 0.3) is 0 Å². The van der Waals surface area contributed by atoms with Gasteiger partial charge in [0.05, 0.1) is 21.8 Å². The van der Waals surface area contributed by atoms with Crippen LogP contribution in [-0.4, -0.2) is 56.7 Å². The lowest BCUT2D eigenvalue weighted by Gasteiger charge is -2.30. The number of thiazole rings is 1. The zero-order valence-corrected chi connectivity index (χ0v) is 21.3. The third kappa shape index (κ3) is 5.09. The summed E-state index contributed by atoms with van der Waals surface area (Å²) >= 11 is 1.34. The summed E-state index contributed by atoms with van der Waals surface area (Å²) in [6, 6.07) is 11.2. The van der Waals surface area contributed by atoms with Crippen LogP contribution in [0.5, 0.6) is 0 Å². The van der Waals surface area contributed by atoms with Gasteiger partial charge >= 0.3 is 12.0 Å². The minimum Gasteiger partial charge on any atom is -0.481 e. The summed E-state index contributed by atoms with van der Waals surface area (Å²) in [7, 11) is 0. The maximum Gasteiger partial charge on any atom is 0.321 e. The Morgan fingerprint density at radius 3 is 2.68 bits per heavy atom. The summed E-state index contributed by atoms with van der Waals surface area (Å²) in [5.41, 5.74) is 3.62. The monoisotopic (exact) mass is 528 g/mol. The molecule has 5 rings (SSSR count). The third-order valence-corrected chi connectivity index (χ3v) is 7.33. The molecule has 0 unspecified atom stereocenters. The van der Waals surface area contributed by atoms with Gasteiger partial charge in [-0.05, 0) is 49.6 Å². The number of piperidine rings is 1. The molecule has 3 aromatic heterocycles. The first-order chi connectivity index (χ1) is 18.5. The predicted molar refractivity (Wildman–Crippen MR) is 144 cm³/mol. The number of hydrogen-bond acceptors (Lipinski definition) is 9. The molecular formula is C26H24N8O3S. The number of pyridine rings is 1. The second-order valence-corrected chi connectivity index (χ2v) is 9.73. The van der Waals surface area contributed by atoms with E-state index in [-0.39, 0.29) is 17.6 Å². The van der Waals surface area contributed by atoms with Crippen LogP contribution >= 0.6 is 11.3 Å². The lowest BCUT2D eigenvalue weighted by molar-refractivity contribution is -0.142. The number of anilines is 2. The van der Waals surface area contributed by atoms with Gasteiger partial charge in [-0.1, -0.05) is 17.4 Å². The van der Waals surface area contributed by atoms with Crippen LogP contribution in [0.2, 0.25) is 0 Å². The van der Waals surface area contributed by atoms with Crippen molar-refractivity contribution in [3.63, 3.8) is 0 Å². The molecule has 1 saturated heterocycles. The first-order valence-corrected chi connectivity index (χ1v) is 12.9. The van der Waals surface area contributed by atoms with Gasteiger partial charge in [-0.25, -0.2) is 19.7 Å². The van der Waals surface area contributed by atoms with Crippen molar-refractivity contribution in [3.05, 3.63) is 48.4 Å². The summed E-state index contributed by atoms with van der Waals surface area (Å²) in [5.74, 6) is -0.755. The quantitative estimate of drug-likeness (QED) is 0.335. The zero-order valence-electron chi connectivity index (χ0n) is 20.5. The first-order valence-electron chi connectivity index (χ1n) is 12.1. The van der Waals surface area contributed by atoms with E-state index in [9.17, 15) is 20.0 Å². The fraction of sp³-hybridized carbons (Fsp3) is 0.269. The van der Waals surface area contributed by atoms with Crippen LogP contribution in [0.25, 0.3) is 32.6 Å². The van der Waals surface area contributed by atoms with Crippen LogP contribution in [-0.2, 0) is 4.79 Å². The van der Waals surface area contributed by atoms with Crippen LogP contribution in [0, 0.1) is 17.2 Å². The fourth-order valence-electron chi connectivity index (χ4n) is 4.40. The van der Waals surface area contributed by atoms with Crippen molar-refractivity contribution in [3.8, 4) is 28.5 Å². The molecule has 0 radical (unpaired) electrons. The fourth-order valence-corrected chi connectivity index (χ4v) is 5.37. The van der Waals surface area contributed by atoms with Crippen molar-refractivity contribution >= 4 is 44.6 Å². The number of carboxylic acid groups (broad SMARTS) is 1. The van der Waals surface area contributed by atoms with E-state index < -0.39 is 5.97 Å². The molecule has 192 valence electrons. The number of amides is 2. The van der Waals surface area contributed by atoms with Gasteiger partial charge < -0.3 is 15.3 Å². The number of nitriles is 1. The van der Waals surface area contributed by atoms with Gasteiger partial charge in [0, 0.05) is 43.2 Å². The standard InChI is InChI=1S/C26H24N8O3S/c1-2-28-25(37)33-26-32-20-12-16(11-17(22(20)38-26)19-5-3-4-8-29-19)18-14-30-24(31-21(18)13-27)34-9-6-15(7-10-34)23(35)36/h3-5,8,11-12,14-15H,2,6-7,9-10H2,1H3,(H,35,36)(H2,28,32,33,37). The molecule has 4 heterocycles. The highest BCUT2D eigenvalue weighted by molar-refractivity contribution is 7.22. The number of fused-ring (bicyclic) bond motifs is 1. The van der Waals surface area contributed by atoms with Gasteiger partial charge in [-0.15, -0.1) is 0 Å². The summed E-state index contributed by atoms with van der Waals surface area (Å²) < 4.78 is 0.844. The number of urea groups is 1. The molecule has 11 nitrogen and oxygen atoms in total. The molecule has 0 aliphatic carbocycles. The van der Waals surface area contributed by atoms with Crippen molar-refractivity contribution < 1.29 is 14.7 Å². The Morgan fingerprint density at radius 1 is 1.18 bits per heavy atom. The van der Waals surface area contributed by atoms with E-state index in [4.69, 9.17) is 0 Å². The maximum atomic E-state index is 12.1. The molecule has 1 fully saturated rings. The van der Waals surface area contributed by atoms with E-state index in [1.54, 1.807) is 12.4 Å². The molecule has 0 saturated carbocycles. The molecule has 4 aromatic rings. The summed E-state index contributed by atoms with van der Waals surface area (Å²) in [6.07, 6.45) is 4.33. The molecule has 38 heavy (non-hydrogen) atoms. The van der Waals surface area contributed by atoms with E-state index in [2.05, 4.69) is 36.6 Å². The average molecular weight is 529 g/mol. The highest BCUT2D eigenvalue weighted by Crippen LogP contribution is 2.38. The number of carbonyl (C=O) groups is 2. The number of nitrogens with zero attached hydrogens (tertiary/aromatic N) is 6. The first kappa shape index (κ1) is 25.0. The van der Waals surface area contributed by atoms with Crippen LogP contribution in [0.3, 0.4) is 0 Å². The van der Waals surface area contributed by atoms with Crippen LogP contribution in [0.15, 0.2) is 42.7 Å². The van der Waals surface area contributed by atoms with Gasteiger partial charge in [-0.3, -0.25) is 15.1 Å². The second kappa shape index (κ2) is 10.8. The lowest BCUT2D eigenvalue weighted by atomic mass is 9.97. The Kier molecular flexibility index (Phi) is 7.10. The SMILES string of the molecule is CCNC(=O)Nc1nc2cc(-c3cnc(N4CCC(C(=O)O)CC4)nc3C#N)cc(-c3ccccn3)c2s1. The average Bonchev–Trinajstić information content (AvgIpc) is 3.35. The number of nitrogens with one attached hydrogen (secondary N) is 2. The molecule has 0 atom stereocenters. The Morgan fingerprint density at radius 2 is 2.00 bits per heavy atom. The Bertz CT molecular complexity index is 1540. The van der Waals surface area contributed by atoms with Gasteiger partial charge in [0.2, 0.25) is 5.95 Å². The molecule has 0 spiro atoms. The van der Waals surface area contributed by atoms with Crippen molar-refractivity contribution in [2.75, 3.05) is 29.9 Å². The van der Waals surface area contributed by atoms with E-state index in [1.165, 1.54) is 11.3 Å². The van der Waals surface area contributed by atoms with Gasteiger partial charge in [-0.2, -0.15) is 5.26 Å². The van der Waals surface area contributed by atoms with Crippen LogP contribution in [0.4, 0.5) is 15.9 Å². The van der Waals surface area contributed by atoms with E-state index in [0.29, 0.717) is 60.2 Å². The molecule has 2 amide bonds. The Balaban J connectivity index is 1.54. The van der Waals surface area contributed by atoms with Crippen molar-refractivity contribution in [2.45, 2.75) is 19.8 Å². The molecule has 12 heteroatoms. The lowest BCUT2D eigenvalue weighted by Crippen LogP contribution is -2.37. The van der Waals surface area contributed by atoms with Gasteiger partial charge in [0.1, 0.15) is 6.07 Å². The van der Waals surface area contributed by atoms with Crippen molar-refractivity contribution in [1.82, 2.24) is 25.3 Å². The number of carbonyl (C=O) groups excluding carboxylic acids is 1. The molecule has 3 N–H and O–H groups in total. The van der Waals surface area contributed by atoms with E-state index in [1.807, 2.05) is 42.2 Å². The van der Waals surface area contributed by atoms with Crippen LogP contribution in [0.1, 0.15) is 25.5 Å². The summed E-state index contributed by atoms with van der Waals surface area (Å²) in [4.78, 5) is 43.4. The number of hydrogen-bond donors (Lipinski definition) is 3. The Hall–Kier alpha value is -4.63. The van der Waals surface area contributed by atoms with Crippen molar-refractivity contribution in [2.24, 2.45) is 5.92 Å². The largest absolute Gasteiger partial charge is 0.481 e. The van der Waals surface area contributed by atoms with E-state index >= 15 is 0 Å².